The number of non-ortho nitro benzene ring substituents is 1. The first-order valence-electron chi connectivity index (χ1n) is 7.82. The molecule has 1 aliphatic rings. The van der Waals surface area contributed by atoms with E-state index in [1.54, 1.807) is 0 Å². The van der Waals surface area contributed by atoms with Gasteiger partial charge in [-0.15, -0.1) is 0 Å². The first-order valence-corrected chi connectivity index (χ1v) is 7.82. The van der Waals surface area contributed by atoms with Crippen molar-refractivity contribution >= 4 is 17.7 Å². The van der Waals surface area contributed by atoms with Crippen molar-refractivity contribution in [2.24, 2.45) is 0 Å². The number of nitro benzene ring substituents is 1. The van der Waals surface area contributed by atoms with E-state index in [1.165, 1.54) is 36.3 Å². The van der Waals surface area contributed by atoms with Crippen LogP contribution in [0, 0.1) is 10.1 Å². The van der Waals surface area contributed by atoms with Crippen molar-refractivity contribution in [3.05, 3.63) is 39.9 Å². The molecule has 0 bridgehead atoms. The first-order chi connectivity index (χ1) is 11.9. The minimum atomic E-state index is -0.658. The number of esters is 1. The number of ether oxygens (including phenoxy) is 2. The third kappa shape index (κ3) is 5.15. The van der Waals surface area contributed by atoms with Crippen molar-refractivity contribution in [1.29, 1.82) is 0 Å². The highest BCUT2D eigenvalue weighted by Crippen LogP contribution is 2.23. The molecule has 0 aromatic heterocycles. The maximum atomic E-state index is 12.2. The molecule has 9 heteroatoms. The van der Waals surface area contributed by atoms with Crippen LogP contribution in [0.3, 0.4) is 0 Å². The van der Waals surface area contributed by atoms with Gasteiger partial charge in [-0.1, -0.05) is 0 Å². The Hall–Kier alpha value is -2.68. The van der Waals surface area contributed by atoms with E-state index in [-0.39, 0.29) is 37.3 Å². The zero-order valence-corrected chi connectivity index (χ0v) is 13.8. The predicted octanol–water partition coefficient (Wildman–Crippen LogP) is 1.62. The second-order valence-corrected chi connectivity index (χ2v) is 5.79. The summed E-state index contributed by atoms with van der Waals surface area (Å²) in [6, 6.07) is 5.40. The van der Waals surface area contributed by atoms with E-state index < -0.39 is 17.1 Å². The number of benzene rings is 1. The van der Waals surface area contributed by atoms with Crippen LogP contribution in [0.4, 0.5) is 10.5 Å². The van der Waals surface area contributed by atoms with Crippen molar-refractivity contribution in [1.82, 2.24) is 4.90 Å². The van der Waals surface area contributed by atoms with Crippen molar-refractivity contribution in [3.8, 4) is 0 Å². The van der Waals surface area contributed by atoms with Gasteiger partial charge in [0.25, 0.3) is 5.69 Å². The molecule has 25 heavy (non-hydrogen) atoms. The predicted molar refractivity (Wildman–Crippen MR) is 85.6 cm³/mol. The molecule has 0 spiro atoms. The number of carbonyl (C=O) groups is 2. The lowest BCUT2D eigenvalue weighted by Crippen LogP contribution is -2.36. The SMILES string of the molecule is COC(=O)CC[C@@H]1C[C@@H](O)CN1C(=O)OCc1ccc([N+](=O)[O-])cc1. The van der Waals surface area contributed by atoms with E-state index in [9.17, 15) is 24.8 Å². The second kappa shape index (κ2) is 8.43. The lowest BCUT2D eigenvalue weighted by molar-refractivity contribution is -0.384. The number of hydrogen-bond donors (Lipinski definition) is 1. The summed E-state index contributed by atoms with van der Waals surface area (Å²) in [5.74, 6) is -0.374. The van der Waals surface area contributed by atoms with Gasteiger partial charge < -0.3 is 19.5 Å². The van der Waals surface area contributed by atoms with E-state index in [4.69, 9.17) is 4.74 Å². The smallest absolute Gasteiger partial charge is 0.410 e. The van der Waals surface area contributed by atoms with E-state index in [0.29, 0.717) is 18.4 Å². The van der Waals surface area contributed by atoms with E-state index in [1.807, 2.05) is 0 Å². The summed E-state index contributed by atoms with van der Waals surface area (Å²) in [5.41, 5.74) is 0.574. The number of aliphatic hydroxyl groups is 1. The molecule has 1 heterocycles. The van der Waals surface area contributed by atoms with Gasteiger partial charge in [-0.05, 0) is 30.5 Å². The number of rotatable bonds is 6. The number of amides is 1. The number of likely N-dealkylation sites (tertiary alicyclic amines) is 1. The maximum Gasteiger partial charge on any atom is 0.410 e. The summed E-state index contributed by atoms with van der Waals surface area (Å²) in [5, 5.41) is 20.4. The minimum Gasteiger partial charge on any atom is -0.469 e. The Morgan fingerprint density at radius 2 is 2.04 bits per heavy atom. The van der Waals surface area contributed by atoms with Crippen LogP contribution in [-0.2, 0) is 20.9 Å². The average molecular weight is 352 g/mol. The lowest BCUT2D eigenvalue weighted by atomic mass is 10.1. The highest BCUT2D eigenvalue weighted by molar-refractivity contribution is 5.70. The van der Waals surface area contributed by atoms with Crippen molar-refractivity contribution in [2.75, 3.05) is 13.7 Å². The molecule has 136 valence electrons. The van der Waals surface area contributed by atoms with Crippen LogP contribution in [0.25, 0.3) is 0 Å². The average Bonchev–Trinajstić information content (AvgIpc) is 2.98. The van der Waals surface area contributed by atoms with Gasteiger partial charge in [-0.2, -0.15) is 0 Å². The van der Waals surface area contributed by atoms with E-state index in [2.05, 4.69) is 4.74 Å². The molecule has 1 fully saturated rings. The summed E-state index contributed by atoms with van der Waals surface area (Å²) in [7, 11) is 1.29. The van der Waals surface area contributed by atoms with Gasteiger partial charge in [0.2, 0.25) is 0 Å². The number of nitro groups is 1. The Kier molecular flexibility index (Phi) is 6.29. The van der Waals surface area contributed by atoms with Crippen molar-refractivity contribution in [3.63, 3.8) is 0 Å². The number of carbonyl (C=O) groups excluding carboxylic acids is 2. The molecule has 1 N–H and O–H groups in total. The minimum absolute atomic E-state index is 0.0346. The van der Waals surface area contributed by atoms with Crippen molar-refractivity contribution in [2.45, 2.75) is 38.0 Å². The standard InChI is InChI=1S/C16H20N2O7/c1-24-15(20)7-6-13-8-14(19)9-17(13)16(21)25-10-11-2-4-12(5-3-11)18(22)23/h2-5,13-14,19H,6-10H2,1H3/t13-,14-/m1/s1. The summed E-state index contributed by atoms with van der Waals surface area (Å²) >= 11 is 0. The van der Waals surface area contributed by atoms with Crippen LogP contribution in [-0.4, -0.2) is 52.8 Å². The van der Waals surface area contributed by atoms with Gasteiger partial charge in [0.15, 0.2) is 0 Å². The molecule has 1 aliphatic heterocycles. The lowest BCUT2D eigenvalue weighted by Gasteiger charge is -2.23. The number of aliphatic hydroxyl groups excluding tert-OH is 1. The fraction of sp³-hybridized carbons (Fsp3) is 0.500. The van der Waals surface area contributed by atoms with Gasteiger partial charge in [0, 0.05) is 24.6 Å². The van der Waals surface area contributed by atoms with E-state index >= 15 is 0 Å². The molecular weight excluding hydrogens is 332 g/mol. The second-order valence-electron chi connectivity index (χ2n) is 5.79. The highest BCUT2D eigenvalue weighted by Gasteiger charge is 2.35. The topological polar surface area (TPSA) is 119 Å². The molecule has 0 radical (unpaired) electrons. The molecule has 2 atom stereocenters. The Bertz CT molecular complexity index is 632. The van der Waals surface area contributed by atoms with E-state index in [0.717, 1.165) is 0 Å². The molecule has 1 amide bonds. The summed E-state index contributed by atoms with van der Waals surface area (Å²) < 4.78 is 9.79. The zero-order chi connectivity index (χ0) is 18.4. The van der Waals surface area contributed by atoms with Crippen molar-refractivity contribution < 1.29 is 29.1 Å². The molecule has 0 aliphatic carbocycles. The fourth-order valence-electron chi connectivity index (χ4n) is 2.72. The summed E-state index contributed by atoms with van der Waals surface area (Å²) in [6.07, 6.45) is -0.334. The number of β-amino-alcohol motifs (C(OH)–C–C–N with tert-alkyl or cyclic N) is 1. The van der Waals surface area contributed by atoms with Gasteiger partial charge in [0.1, 0.15) is 6.61 Å². The zero-order valence-electron chi connectivity index (χ0n) is 13.8. The van der Waals surface area contributed by atoms with Gasteiger partial charge >= 0.3 is 12.1 Å². The molecule has 0 unspecified atom stereocenters. The Balaban J connectivity index is 1.89. The Labute approximate surface area is 144 Å². The third-order valence-corrected chi connectivity index (χ3v) is 4.05. The molecule has 1 aromatic carbocycles. The summed E-state index contributed by atoms with van der Waals surface area (Å²) in [4.78, 5) is 35.0. The van der Waals surface area contributed by atoms with Crippen LogP contribution < -0.4 is 0 Å². The van der Waals surface area contributed by atoms with Gasteiger partial charge in [0.05, 0.1) is 24.7 Å². The van der Waals surface area contributed by atoms with Gasteiger partial charge in [-0.25, -0.2) is 4.79 Å². The molecule has 1 aromatic rings. The monoisotopic (exact) mass is 352 g/mol. The first kappa shape index (κ1) is 18.7. The van der Waals surface area contributed by atoms with Gasteiger partial charge in [-0.3, -0.25) is 14.9 Å². The number of methoxy groups -OCH3 is 1. The van der Waals surface area contributed by atoms with Crippen LogP contribution in [0.5, 0.6) is 0 Å². The Morgan fingerprint density at radius 3 is 2.64 bits per heavy atom. The number of nitrogens with zero attached hydrogens (tertiary/aromatic N) is 2. The molecule has 1 saturated heterocycles. The molecule has 2 rings (SSSR count). The largest absolute Gasteiger partial charge is 0.469 e. The Morgan fingerprint density at radius 1 is 1.36 bits per heavy atom. The van der Waals surface area contributed by atoms with Crippen LogP contribution in [0.2, 0.25) is 0 Å². The molecular formula is C16H20N2O7. The summed E-state index contributed by atoms with van der Waals surface area (Å²) in [6.45, 7) is 0.109. The molecule has 9 nitrogen and oxygen atoms in total. The maximum absolute atomic E-state index is 12.2. The van der Waals surface area contributed by atoms with Crippen LogP contribution in [0.1, 0.15) is 24.8 Å². The highest BCUT2D eigenvalue weighted by atomic mass is 16.6. The third-order valence-electron chi connectivity index (χ3n) is 4.05. The van der Waals surface area contributed by atoms with Crippen LogP contribution in [0.15, 0.2) is 24.3 Å². The molecule has 0 saturated carbocycles. The number of hydrogen-bond acceptors (Lipinski definition) is 7. The van der Waals surface area contributed by atoms with Crippen LogP contribution >= 0.6 is 0 Å². The fourth-order valence-corrected chi connectivity index (χ4v) is 2.72. The normalized spacial score (nSPS) is 19.5. The quantitative estimate of drug-likeness (QED) is 0.469.